The van der Waals surface area contributed by atoms with Crippen LogP contribution in [0.4, 0.5) is 0 Å². The summed E-state index contributed by atoms with van der Waals surface area (Å²) in [6.07, 6.45) is 2.19. The minimum absolute atomic E-state index is 0.0152. The third kappa shape index (κ3) is 6.37. The van der Waals surface area contributed by atoms with Gasteiger partial charge in [0.25, 0.3) is 0 Å². The minimum Gasteiger partial charge on any atom is -0.355 e. The molecule has 0 unspecified atom stereocenters. The number of carbonyl (C=O) groups excluding carboxylic acids is 2. The zero-order chi connectivity index (χ0) is 15.2. The monoisotopic (exact) mass is 283 g/mol. The molecule has 0 atom stereocenters. The third-order valence-electron chi connectivity index (χ3n) is 3.57. The van der Waals surface area contributed by atoms with Crippen LogP contribution in [0.25, 0.3) is 0 Å². The molecule has 0 saturated carbocycles. The van der Waals surface area contributed by atoms with Gasteiger partial charge in [-0.3, -0.25) is 9.59 Å². The first-order chi connectivity index (χ1) is 9.31. The molecule has 1 aliphatic heterocycles. The quantitative estimate of drug-likeness (QED) is 0.795. The molecule has 0 aliphatic carbocycles. The summed E-state index contributed by atoms with van der Waals surface area (Å²) in [4.78, 5) is 26.0. The maximum atomic E-state index is 12.0. The summed E-state index contributed by atoms with van der Waals surface area (Å²) < 4.78 is 0. The van der Waals surface area contributed by atoms with Crippen LogP contribution in [0, 0.1) is 5.92 Å². The number of rotatable bonds is 5. The van der Waals surface area contributed by atoms with E-state index in [9.17, 15) is 9.59 Å². The van der Waals surface area contributed by atoms with Gasteiger partial charge < -0.3 is 15.5 Å². The van der Waals surface area contributed by atoms with E-state index in [0.29, 0.717) is 13.0 Å². The second-order valence-electron chi connectivity index (χ2n) is 6.55. The lowest BCUT2D eigenvalue weighted by atomic mass is 9.96. The number of likely N-dealkylation sites (tertiary alicyclic amines) is 1. The lowest BCUT2D eigenvalue weighted by Crippen LogP contribution is -2.43. The van der Waals surface area contributed by atoms with Gasteiger partial charge in [-0.2, -0.15) is 0 Å². The second-order valence-corrected chi connectivity index (χ2v) is 6.55. The molecule has 0 spiro atoms. The first-order valence-corrected chi connectivity index (χ1v) is 7.63. The van der Waals surface area contributed by atoms with Gasteiger partial charge in [0.05, 0.1) is 0 Å². The molecule has 0 bridgehead atoms. The Morgan fingerprint density at radius 1 is 1.20 bits per heavy atom. The second kappa shape index (κ2) is 7.62. The van der Waals surface area contributed by atoms with Gasteiger partial charge in [-0.25, -0.2) is 0 Å². The van der Waals surface area contributed by atoms with Crippen molar-refractivity contribution in [3.63, 3.8) is 0 Å². The Morgan fingerprint density at radius 3 is 2.30 bits per heavy atom. The molecule has 1 saturated heterocycles. The van der Waals surface area contributed by atoms with Crippen LogP contribution >= 0.6 is 0 Å². The predicted molar refractivity (Wildman–Crippen MR) is 80.4 cm³/mol. The van der Waals surface area contributed by atoms with Gasteiger partial charge in [0.15, 0.2) is 0 Å². The molecule has 5 nitrogen and oxygen atoms in total. The fourth-order valence-corrected chi connectivity index (χ4v) is 2.44. The van der Waals surface area contributed by atoms with Crippen LogP contribution < -0.4 is 10.6 Å². The van der Waals surface area contributed by atoms with Gasteiger partial charge in [0, 0.05) is 24.4 Å². The highest BCUT2D eigenvalue weighted by Gasteiger charge is 2.24. The molecule has 20 heavy (non-hydrogen) atoms. The van der Waals surface area contributed by atoms with E-state index < -0.39 is 0 Å². The normalized spacial score (nSPS) is 17.8. The van der Waals surface area contributed by atoms with Crippen molar-refractivity contribution in [1.82, 2.24) is 15.5 Å². The van der Waals surface area contributed by atoms with Crippen LogP contribution in [0.5, 0.6) is 0 Å². The van der Waals surface area contributed by atoms with Crippen molar-refractivity contribution in [2.75, 3.05) is 26.2 Å². The third-order valence-corrected chi connectivity index (χ3v) is 3.57. The van der Waals surface area contributed by atoms with Gasteiger partial charge in [0.1, 0.15) is 0 Å². The standard InChI is InChI=1S/C15H29N3O2/c1-5-18-10-7-12(8-11-18)14(20)16-9-6-13(19)17-15(2,3)4/h12H,5-11H2,1-4H3,(H,16,20)(H,17,19). The number of nitrogens with one attached hydrogen (secondary N) is 2. The number of nitrogens with zero attached hydrogens (tertiary/aromatic N) is 1. The molecule has 1 fully saturated rings. The zero-order valence-electron chi connectivity index (χ0n) is 13.3. The Balaban J connectivity index is 2.19. The molecular weight excluding hydrogens is 254 g/mol. The summed E-state index contributed by atoms with van der Waals surface area (Å²) in [5.41, 5.74) is -0.214. The van der Waals surface area contributed by atoms with E-state index in [2.05, 4.69) is 22.5 Å². The van der Waals surface area contributed by atoms with Crippen LogP contribution in [0.3, 0.4) is 0 Å². The number of hydrogen-bond acceptors (Lipinski definition) is 3. The number of piperidine rings is 1. The van der Waals surface area contributed by atoms with Crippen molar-refractivity contribution < 1.29 is 9.59 Å². The topological polar surface area (TPSA) is 61.4 Å². The maximum absolute atomic E-state index is 12.0. The van der Waals surface area contributed by atoms with Gasteiger partial charge in [-0.1, -0.05) is 6.92 Å². The Morgan fingerprint density at radius 2 is 1.80 bits per heavy atom. The summed E-state index contributed by atoms with van der Waals surface area (Å²) in [6.45, 7) is 11.5. The van der Waals surface area contributed by atoms with Crippen molar-refractivity contribution in [3.05, 3.63) is 0 Å². The molecule has 0 aromatic heterocycles. The van der Waals surface area contributed by atoms with E-state index in [1.807, 2.05) is 20.8 Å². The molecule has 2 N–H and O–H groups in total. The minimum atomic E-state index is -0.214. The molecule has 0 radical (unpaired) electrons. The molecule has 1 aliphatic rings. The number of amides is 2. The van der Waals surface area contributed by atoms with Crippen molar-refractivity contribution in [1.29, 1.82) is 0 Å². The van der Waals surface area contributed by atoms with Gasteiger partial charge in [0.2, 0.25) is 11.8 Å². The fourth-order valence-electron chi connectivity index (χ4n) is 2.44. The molecule has 0 aromatic carbocycles. The summed E-state index contributed by atoms with van der Waals surface area (Å²) >= 11 is 0. The van der Waals surface area contributed by atoms with Crippen LogP contribution in [0.2, 0.25) is 0 Å². The van der Waals surface area contributed by atoms with Gasteiger partial charge in [-0.15, -0.1) is 0 Å². The van der Waals surface area contributed by atoms with Crippen LogP contribution in [-0.4, -0.2) is 48.4 Å². The average Bonchev–Trinajstić information content (AvgIpc) is 2.36. The van der Waals surface area contributed by atoms with Crippen molar-refractivity contribution in [3.8, 4) is 0 Å². The van der Waals surface area contributed by atoms with E-state index in [4.69, 9.17) is 0 Å². The Labute approximate surface area is 122 Å². The Kier molecular flexibility index (Phi) is 6.46. The van der Waals surface area contributed by atoms with Crippen LogP contribution in [0.1, 0.15) is 47.0 Å². The highest BCUT2D eigenvalue weighted by Crippen LogP contribution is 2.16. The SMILES string of the molecule is CCN1CCC(C(=O)NCCC(=O)NC(C)(C)C)CC1. The van der Waals surface area contributed by atoms with Crippen molar-refractivity contribution in [2.45, 2.75) is 52.5 Å². The largest absolute Gasteiger partial charge is 0.355 e. The number of hydrogen-bond donors (Lipinski definition) is 2. The predicted octanol–water partition coefficient (Wildman–Crippen LogP) is 1.14. The maximum Gasteiger partial charge on any atom is 0.223 e. The fraction of sp³-hybridized carbons (Fsp3) is 0.867. The number of carbonyl (C=O) groups is 2. The van der Waals surface area contributed by atoms with Crippen LogP contribution in [0.15, 0.2) is 0 Å². The lowest BCUT2D eigenvalue weighted by Gasteiger charge is -2.30. The summed E-state index contributed by atoms with van der Waals surface area (Å²) in [5.74, 6) is 0.200. The molecule has 1 rings (SSSR count). The Hall–Kier alpha value is -1.10. The van der Waals surface area contributed by atoms with E-state index in [-0.39, 0.29) is 23.3 Å². The van der Waals surface area contributed by atoms with Crippen molar-refractivity contribution >= 4 is 11.8 Å². The average molecular weight is 283 g/mol. The molecular formula is C15H29N3O2. The van der Waals surface area contributed by atoms with E-state index in [1.54, 1.807) is 0 Å². The summed E-state index contributed by atoms with van der Waals surface area (Å²) in [7, 11) is 0. The molecule has 5 heteroatoms. The summed E-state index contributed by atoms with van der Waals surface area (Å²) in [6, 6.07) is 0. The van der Waals surface area contributed by atoms with Gasteiger partial charge >= 0.3 is 0 Å². The molecule has 2 amide bonds. The summed E-state index contributed by atoms with van der Waals surface area (Å²) in [5, 5.41) is 5.77. The molecule has 116 valence electrons. The zero-order valence-corrected chi connectivity index (χ0v) is 13.3. The highest BCUT2D eigenvalue weighted by molar-refractivity contribution is 5.80. The van der Waals surface area contributed by atoms with Gasteiger partial charge in [-0.05, 0) is 53.2 Å². The molecule has 1 heterocycles. The van der Waals surface area contributed by atoms with E-state index >= 15 is 0 Å². The first kappa shape index (κ1) is 17.0. The highest BCUT2D eigenvalue weighted by atomic mass is 16.2. The van der Waals surface area contributed by atoms with E-state index in [0.717, 1.165) is 32.5 Å². The van der Waals surface area contributed by atoms with E-state index in [1.165, 1.54) is 0 Å². The smallest absolute Gasteiger partial charge is 0.223 e. The Bertz CT molecular complexity index is 329. The first-order valence-electron chi connectivity index (χ1n) is 7.63. The van der Waals surface area contributed by atoms with Crippen molar-refractivity contribution in [2.24, 2.45) is 5.92 Å². The molecule has 0 aromatic rings. The lowest BCUT2D eigenvalue weighted by molar-refractivity contribution is -0.126. The van der Waals surface area contributed by atoms with Crippen LogP contribution in [-0.2, 0) is 9.59 Å².